The lowest BCUT2D eigenvalue weighted by Gasteiger charge is -2.13. The van der Waals surface area contributed by atoms with Crippen LogP contribution in [0, 0.1) is 0 Å². The first-order chi connectivity index (χ1) is 12.3. The molecular weight excluding hydrogens is 310 g/mol. The molecule has 1 amide bonds. The van der Waals surface area contributed by atoms with E-state index in [0.717, 1.165) is 33.5 Å². The molecule has 1 N–H and O–H groups in total. The first kappa shape index (κ1) is 15.3. The Morgan fingerprint density at radius 2 is 1.48 bits per heavy atom. The summed E-state index contributed by atoms with van der Waals surface area (Å²) in [6, 6.07) is 22.6. The number of amides is 1. The van der Waals surface area contributed by atoms with E-state index in [1.165, 1.54) is 10.8 Å². The quantitative estimate of drug-likeness (QED) is 0.420. The van der Waals surface area contributed by atoms with Crippen molar-refractivity contribution in [1.29, 1.82) is 0 Å². The largest absolute Gasteiger partial charge is 0.325 e. The number of hydrogen-bond donors (Lipinski definition) is 1. The SMILES string of the molecule is O=CCCC(=O)Nc1cc2c3ccccc3ccc2c2ccccc12. The van der Waals surface area contributed by atoms with Crippen LogP contribution in [0.3, 0.4) is 0 Å². The molecule has 0 aromatic heterocycles. The Morgan fingerprint density at radius 1 is 0.800 bits per heavy atom. The Kier molecular flexibility index (Phi) is 3.90. The van der Waals surface area contributed by atoms with Gasteiger partial charge < -0.3 is 10.1 Å². The average Bonchev–Trinajstić information content (AvgIpc) is 2.66. The molecular formula is C22H17NO2. The van der Waals surface area contributed by atoms with Crippen LogP contribution in [0.25, 0.3) is 32.3 Å². The molecule has 122 valence electrons. The van der Waals surface area contributed by atoms with Crippen molar-refractivity contribution in [3.05, 3.63) is 66.7 Å². The molecule has 0 saturated heterocycles. The first-order valence-electron chi connectivity index (χ1n) is 8.34. The van der Waals surface area contributed by atoms with Gasteiger partial charge in [-0.2, -0.15) is 0 Å². The smallest absolute Gasteiger partial charge is 0.224 e. The molecule has 3 heteroatoms. The number of benzene rings is 4. The molecule has 0 fully saturated rings. The van der Waals surface area contributed by atoms with Crippen LogP contribution in [0.15, 0.2) is 66.7 Å². The van der Waals surface area contributed by atoms with Gasteiger partial charge in [-0.15, -0.1) is 0 Å². The predicted molar refractivity (Wildman–Crippen MR) is 103 cm³/mol. The third kappa shape index (κ3) is 2.74. The van der Waals surface area contributed by atoms with Gasteiger partial charge in [0.15, 0.2) is 0 Å². The van der Waals surface area contributed by atoms with Crippen molar-refractivity contribution in [1.82, 2.24) is 0 Å². The van der Waals surface area contributed by atoms with Gasteiger partial charge in [0, 0.05) is 23.9 Å². The highest BCUT2D eigenvalue weighted by molar-refractivity contribution is 6.21. The average molecular weight is 327 g/mol. The predicted octanol–water partition coefficient (Wildman–Crippen LogP) is 5.06. The van der Waals surface area contributed by atoms with Crippen LogP contribution < -0.4 is 5.32 Å². The summed E-state index contributed by atoms with van der Waals surface area (Å²) in [5, 5.41) is 9.70. The number of rotatable bonds is 4. The van der Waals surface area contributed by atoms with Gasteiger partial charge in [0.1, 0.15) is 6.29 Å². The van der Waals surface area contributed by atoms with Crippen molar-refractivity contribution < 1.29 is 9.59 Å². The van der Waals surface area contributed by atoms with Gasteiger partial charge in [-0.3, -0.25) is 4.79 Å². The highest BCUT2D eigenvalue weighted by atomic mass is 16.1. The van der Waals surface area contributed by atoms with Crippen LogP contribution in [0.2, 0.25) is 0 Å². The zero-order valence-electron chi connectivity index (χ0n) is 13.7. The summed E-state index contributed by atoms with van der Waals surface area (Å²) in [5.74, 6) is -0.142. The maximum absolute atomic E-state index is 12.1. The number of carbonyl (C=O) groups is 2. The van der Waals surface area contributed by atoms with E-state index in [2.05, 4.69) is 35.6 Å². The van der Waals surface area contributed by atoms with Crippen molar-refractivity contribution in [3.8, 4) is 0 Å². The van der Waals surface area contributed by atoms with E-state index in [4.69, 9.17) is 0 Å². The number of hydrogen-bond acceptors (Lipinski definition) is 2. The number of carbonyl (C=O) groups excluding carboxylic acids is 2. The fourth-order valence-corrected chi connectivity index (χ4v) is 3.37. The molecule has 0 bridgehead atoms. The second-order valence-corrected chi connectivity index (χ2v) is 6.11. The molecule has 0 radical (unpaired) electrons. The molecule has 4 aromatic rings. The summed E-state index contributed by atoms with van der Waals surface area (Å²) >= 11 is 0. The zero-order valence-corrected chi connectivity index (χ0v) is 13.7. The number of anilines is 1. The molecule has 0 unspecified atom stereocenters. The lowest BCUT2D eigenvalue weighted by molar-refractivity contribution is -0.118. The number of fused-ring (bicyclic) bond motifs is 5. The van der Waals surface area contributed by atoms with Crippen molar-refractivity contribution >= 4 is 50.2 Å². The van der Waals surface area contributed by atoms with Gasteiger partial charge in [-0.1, -0.05) is 60.7 Å². The van der Waals surface area contributed by atoms with Gasteiger partial charge in [-0.25, -0.2) is 0 Å². The Morgan fingerprint density at radius 3 is 2.28 bits per heavy atom. The van der Waals surface area contributed by atoms with Crippen LogP contribution >= 0.6 is 0 Å². The van der Waals surface area contributed by atoms with E-state index in [0.29, 0.717) is 0 Å². The highest BCUT2D eigenvalue weighted by Gasteiger charge is 2.11. The van der Waals surface area contributed by atoms with Crippen LogP contribution in [0.1, 0.15) is 12.8 Å². The maximum atomic E-state index is 12.1. The summed E-state index contributed by atoms with van der Waals surface area (Å²) in [6.07, 6.45) is 1.21. The second kappa shape index (κ2) is 6.36. The minimum Gasteiger partial charge on any atom is -0.325 e. The molecule has 4 aromatic carbocycles. The summed E-state index contributed by atoms with van der Waals surface area (Å²) in [6.45, 7) is 0. The number of aldehydes is 1. The van der Waals surface area contributed by atoms with Crippen LogP contribution in [-0.4, -0.2) is 12.2 Å². The normalized spacial score (nSPS) is 11.0. The molecule has 0 saturated carbocycles. The van der Waals surface area contributed by atoms with Crippen molar-refractivity contribution in [3.63, 3.8) is 0 Å². The molecule has 0 aliphatic heterocycles. The Hall–Kier alpha value is -3.20. The Balaban J connectivity index is 1.98. The molecule has 0 spiro atoms. The third-order valence-electron chi connectivity index (χ3n) is 4.53. The maximum Gasteiger partial charge on any atom is 0.224 e. The molecule has 0 atom stereocenters. The summed E-state index contributed by atoms with van der Waals surface area (Å²) in [5.41, 5.74) is 0.787. The fourth-order valence-electron chi connectivity index (χ4n) is 3.37. The van der Waals surface area contributed by atoms with E-state index in [-0.39, 0.29) is 18.7 Å². The minimum atomic E-state index is -0.142. The van der Waals surface area contributed by atoms with Crippen molar-refractivity contribution in [2.75, 3.05) is 5.32 Å². The fraction of sp³-hybridized carbons (Fsp3) is 0.0909. The summed E-state index contributed by atoms with van der Waals surface area (Å²) in [4.78, 5) is 22.7. The van der Waals surface area contributed by atoms with E-state index in [9.17, 15) is 9.59 Å². The second-order valence-electron chi connectivity index (χ2n) is 6.11. The van der Waals surface area contributed by atoms with Crippen LogP contribution in [0.4, 0.5) is 5.69 Å². The van der Waals surface area contributed by atoms with Crippen molar-refractivity contribution in [2.24, 2.45) is 0 Å². The van der Waals surface area contributed by atoms with Gasteiger partial charge in [0.05, 0.1) is 0 Å². The van der Waals surface area contributed by atoms with E-state index < -0.39 is 0 Å². The number of nitrogens with one attached hydrogen (secondary N) is 1. The summed E-state index contributed by atoms with van der Waals surface area (Å²) in [7, 11) is 0. The minimum absolute atomic E-state index is 0.142. The van der Waals surface area contributed by atoms with Crippen LogP contribution in [-0.2, 0) is 9.59 Å². The lowest BCUT2D eigenvalue weighted by Crippen LogP contribution is -2.11. The van der Waals surface area contributed by atoms with E-state index in [1.54, 1.807) is 0 Å². The molecule has 25 heavy (non-hydrogen) atoms. The zero-order chi connectivity index (χ0) is 17.2. The van der Waals surface area contributed by atoms with Gasteiger partial charge in [0.2, 0.25) is 5.91 Å². The molecule has 0 aliphatic carbocycles. The third-order valence-corrected chi connectivity index (χ3v) is 4.53. The molecule has 3 nitrogen and oxygen atoms in total. The van der Waals surface area contributed by atoms with Crippen LogP contribution in [0.5, 0.6) is 0 Å². The monoisotopic (exact) mass is 327 g/mol. The van der Waals surface area contributed by atoms with Crippen molar-refractivity contribution in [2.45, 2.75) is 12.8 Å². The molecule has 4 rings (SSSR count). The van der Waals surface area contributed by atoms with E-state index >= 15 is 0 Å². The molecule has 0 aliphatic rings. The van der Waals surface area contributed by atoms with Gasteiger partial charge in [-0.05, 0) is 33.0 Å². The van der Waals surface area contributed by atoms with E-state index in [1.807, 2.05) is 36.4 Å². The standard InChI is InChI=1S/C22H17NO2/c24-13-5-10-22(25)23-21-14-20-16-7-2-1-6-15(16)11-12-18(20)17-8-3-4-9-19(17)21/h1-4,6-9,11-14H,5,10H2,(H,23,25). The summed E-state index contributed by atoms with van der Waals surface area (Å²) < 4.78 is 0. The Bertz CT molecular complexity index is 1110. The first-order valence-corrected chi connectivity index (χ1v) is 8.34. The van der Waals surface area contributed by atoms with Gasteiger partial charge >= 0.3 is 0 Å². The topological polar surface area (TPSA) is 46.2 Å². The Labute approximate surface area is 145 Å². The van der Waals surface area contributed by atoms with Gasteiger partial charge in [0.25, 0.3) is 0 Å². The highest BCUT2D eigenvalue weighted by Crippen LogP contribution is 2.35. The molecule has 0 heterocycles. The lowest BCUT2D eigenvalue weighted by atomic mass is 9.96.